The Bertz CT molecular complexity index is 63.3. The maximum atomic E-state index is 3.03. The fourth-order valence-corrected chi connectivity index (χ4v) is 0.462. The summed E-state index contributed by atoms with van der Waals surface area (Å²) in [5.41, 5.74) is 3.03. The molecule has 0 saturated carbocycles. The van der Waals surface area contributed by atoms with Crippen molar-refractivity contribution >= 4 is 0 Å². The zero-order chi connectivity index (χ0) is 7.28. The zero-order valence-corrected chi connectivity index (χ0v) is 6.81. The average molecular weight is 131 g/mol. The van der Waals surface area contributed by atoms with E-state index in [-0.39, 0.29) is 0 Å². The van der Waals surface area contributed by atoms with Gasteiger partial charge in [-0.1, -0.05) is 0 Å². The Kier molecular flexibility index (Phi) is 4.67. The van der Waals surface area contributed by atoms with Crippen molar-refractivity contribution in [2.75, 3.05) is 41.3 Å². The van der Waals surface area contributed by atoms with Crippen molar-refractivity contribution < 1.29 is 0 Å². The molecule has 0 aliphatic heterocycles. The molecule has 0 fully saturated rings. The quantitative estimate of drug-likeness (QED) is 0.524. The summed E-state index contributed by atoms with van der Waals surface area (Å²) < 4.78 is 0. The Morgan fingerprint density at radius 2 is 1.67 bits per heavy atom. The normalized spacial score (nSPS) is 11.3. The van der Waals surface area contributed by atoms with Gasteiger partial charge in [0.05, 0.1) is 0 Å². The predicted octanol–water partition coefficient (Wildman–Crippen LogP) is -0.386. The van der Waals surface area contributed by atoms with Gasteiger partial charge in [0, 0.05) is 20.1 Å². The highest BCUT2D eigenvalue weighted by molar-refractivity contribution is 4.46. The van der Waals surface area contributed by atoms with E-state index in [1.807, 2.05) is 14.1 Å². The summed E-state index contributed by atoms with van der Waals surface area (Å²) >= 11 is 0. The van der Waals surface area contributed by atoms with Crippen LogP contribution >= 0.6 is 0 Å². The number of hydrazine groups is 1. The van der Waals surface area contributed by atoms with Gasteiger partial charge in [0.15, 0.2) is 0 Å². The third-order valence-electron chi connectivity index (χ3n) is 1.26. The fourth-order valence-electron chi connectivity index (χ4n) is 0.462. The van der Waals surface area contributed by atoms with Crippen molar-refractivity contribution in [1.82, 2.24) is 15.3 Å². The first-order valence-electron chi connectivity index (χ1n) is 3.20. The molecule has 0 aromatic rings. The molecule has 3 heteroatoms. The molecule has 0 aromatic heterocycles. The van der Waals surface area contributed by atoms with Gasteiger partial charge in [0.25, 0.3) is 0 Å². The molecule has 3 nitrogen and oxygen atoms in total. The molecule has 0 saturated heterocycles. The second kappa shape index (κ2) is 4.73. The van der Waals surface area contributed by atoms with E-state index in [2.05, 4.69) is 29.4 Å². The maximum absolute atomic E-state index is 3.03. The van der Waals surface area contributed by atoms with Crippen LogP contribution in [0.4, 0.5) is 0 Å². The summed E-state index contributed by atoms with van der Waals surface area (Å²) in [6, 6.07) is 0. The van der Waals surface area contributed by atoms with Crippen LogP contribution < -0.4 is 5.43 Å². The van der Waals surface area contributed by atoms with Crippen LogP contribution in [0.3, 0.4) is 0 Å². The molecule has 1 N–H and O–H groups in total. The molecule has 56 valence electrons. The van der Waals surface area contributed by atoms with Crippen LogP contribution in [0.15, 0.2) is 0 Å². The van der Waals surface area contributed by atoms with E-state index in [1.165, 1.54) is 0 Å². The van der Waals surface area contributed by atoms with Crippen molar-refractivity contribution in [1.29, 1.82) is 0 Å². The SMILES string of the molecule is CNN(C)CCN(C)C. The van der Waals surface area contributed by atoms with Crippen LogP contribution in [-0.2, 0) is 0 Å². The van der Waals surface area contributed by atoms with E-state index >= 15 is 0 Å². The summed E-state index contributed by atoms with van der Waals surface area (Å²) in [5, 5.41) is 2.06. The number of hydrogen-bond donors (Lipinski definition) is 1. The Morgan fingerprint density at radius 1 is 1.11 bits per heavy atom. The van der Waals surface area contributed by atoms with E-state index in [4.69, 9.17) is 0 Å². The lowest BCUT2D eigenvalue weighted by Crippen LogP contribution is -2.36. The van der Waals surface area contributed by atoms with E-state index in [9.17, 15) is 0 Å². The Hall–Kier alpha value is -0.120. The van der Waals surface area contributed by atoms with Gasteiger partial charge in [0.1, 0.15) is 0 Å². The van der Waals surface area contributed by atoms with Gasteiger partial charge in [-0.05, 0) is 21.1 Å². The maximum Gasteiger partial charge on any atom is 0.0255 e. The summed E-state index contributed by atoms with van der Waals surface area (Å²) in [5.74, 6) is 0. The third-order valence-corrected chi connectivity index (χ3v) is 1.26. The minimum Gasteiger partial charge on any atom is -0.308 e. The van der Waals surface area contributed by atoms with Gasteiger partial charge in [-0.2, -0.15) is 0 Å². The van der Waals surface area contributed by atoms with Crippen LogP contribution in [0.2, 0.25) is 0 Å². The Balaban J connectivity index is 3.06. The van der Waals surface area contributed by atoms with Crippen molar-refractivity contribution in [3.8, 4) is 0 Å². The third kappa shape index (κ3) is 5.76. The Morgan fingerprint density at radius 3 is 2.00 bits per heavy atom. The molecular weight excluding hydrogens is 114 g/mol. The van der Waals surface area contributed by atoms with Gasteiger partial charge in [-0.15, -0.1) is 0 Å². The lowest BCUT2D eigenvalue weighted by molar-refractivity contribution is 0.229. The number of rotatable bonds is 4. The molecule has 0 spiro atoms. The standard InChI is InChI=1S/C6H17N3/c1-7-9(4)6-5-8(2)3/h7H,5-6H2,1-4H3. The van der Waals surface area contributed by atoms with Crippen molar-refractivity contribution in [3.63, 3.8) is 0 Å². The fraction of sp³-hybridized carbons (Fsp3) is 1.00. The second-order valence-corrected chi connectivity index (χ2v) is 2.45. The minimum absolute atomic E-state index is 1.06. The first-order chi connectivity index (χ1) is 4.16. The molecule has 0 aliphatic carbocycles. The monoisotopic (exact) mass is 131 g/mol. The summed E-state index contributed by atoms with van der Waals surface area (Å²) in [4.78, 5) is 2.16. The van der Waals surface area contributed by atoms with E-state index in [1.54, 1.807) is 0 Å². The predicted molar refractivity (Wildman–Crippen MR) is 40.2 cm³/mol. The van der Waals surface area contributed by atoms with Crippen LogP contribution in [0.25, 0.3) is 0 Å². The van der Waals surface area contributed by atoms with E-state index in [0.29, 0.717) is 0 Å². The van der Waals surface area contributed by atoms with Crippen molar-refractivity contribution in [2.45, 2.75) is 0 Å². The van der Waals surface area contributed by atoms with Crippen molar-refractivity contribution in [3.05, 3.63) is 0 Å². The molecule has 0 unspecified atom stereocenters. The van der Waals surface area contributed by atoms with Gasteiger partial charge < -0.3 is 4.90 Å². The highest BCUT2D eigenvalue weighted by atomic mass is 15.5. The van der Waals surface area contributed by atoms with E-state index < -0.39 is 0 Å². The Labute approximate surface area is 57.6 Å². The van der Waals surface area contributed by atoms with Crippen LogP contribution in [0, 0.1) is 0 Å². The first kappa shape index (κ1) is 8.88. The summed E-state index contributed by atoms with van der Waals surface area (Å²) in [7, 11) is 8.10. The first-order valence-corrected chi connectivity index (χ1v) is 3.20. The lowest BCUT2D eigenvalue weighted by Gasteiger charge is -2.17. The van der Waals surface area contributed by atoms with E-state index in [0.717, 1.165) is 13.1 Å². The molecule has 9 heavy (non-hydrogen) atoms. The molecule has 0 atom stereocenters. The molecule has 0 aliphatic rings. The highest BCUT2D eigenvalue weighted by Gasteiger charge is 1.92. The van der Waals surface area contributed by atoms with Crippen LogP contribution in [-0.4, -0.2) is 51.2 Å². The largest absolute Gasteiger partial charge is 0.308 e. The van der Waals surface area contributed by atoms with Gasteiger partial charge >= 0.3 is 0 Å². The topological polar surface area (TPSA) is 18.5 Å². The average Bonchev–Trinajstić information content (AvgIpc) is 1.83. The number of likely N-dealkylation sites (N-methyl/N-ethyl adjacent to an activating group) is 2. The van der Waals surface area contributed by atoms with Gasteiger partial charge in [-0.25, -0.2) is 5.01 Å². The minimum atomic E-state index is 1.06. The lowest BCUT2D eigenvalue weighted by atomic mass is 10.6. The summed E-state index contributed by atoms with van der Waals surface area (Å²) in [6.45, 7) is 2.15. The molecule has 0 heterocycles. The number of nitrogens with one attached hydrogen (secondary N) is 1. The molecule has 0 bridgehead atoms. The van der Waals surface area contributed by atoms with Gasteiger partial charge in [-0.3, -0.25) is 5.43 Å². The molecule has 0 radical (unpaired) electrons. The second-order valence-electron chi connectivity index (χ2n) is 2.45. The number of hydrogen-bond acceptors (Lipinski definition) is 3. The molecule has 0 rings (SSSR count). The molecular formula is C6H17N3. The summed E-state index contributed by atoms with van der Waals surface area (Å²) in [6.07, 6.45) is 0. The van der Waals surface area contributed by atoms with Crippen LogP contribution in [0.5, 0.6) is 0 Å². The number of nitrogens with zero attached hydrogens (tertiary/aromatic N) is 2. The molecule has 0 aromatic carbocycles. The smallest absolute Gasteiger partial charge is 0.0255 e. The van der Waals surface area contributed by atoms with Gasteiger partial charge in [0.2, 0.25) is 0 Å². The van der Waals surface area contributed by atoms with Crippen LogP contribution in [0.1, 0.15) is 0 Å². The highest BCUT2D eigenvalue weighted by Crippen LogP contribution is 1.76. The van der Waals surface area contributed by atoms with Crippen molar-refractivity contribution in [2.24, 2.45) is 0 Å². The molecule has 0 amide bonds. The zero-order valence-electron chi connectivity index (χ0n) is 6.81.